The zero-order valence-corrected chi connectivity index (χ0v) is 13.3. The molecule has 0 saturated heterocycles. The van der Waals surface area contributed by atoms with Crippen LogP contribution in [0.3, 0.4) is 0 Å². The third-order valence-electron chi connectivity index (χ3n) is 4.87. The van der Waals surface area contributed by atoms with Crippen LogP contribution in [0.5, 0.6) is 0 Å². The molecule has 1 aromatic carbocycles. The molecule has 0 amide bonds. The van der Waals surface area contributed by atoms with Gasteiger partial charge in [-0.15, -0.1) is 0 Å². The van der Waals surface area contributed by atoms with Gasteiger partial charge in [-0.3, -0.25) is 4.98 Å². The SMILES string of the molecule is CC1(C)CCC/C(=C\c2ccccc2)C1(O)c1ccccn1. The monoisotopic (exact) mass is 293 g/mol. The van der Waals surface area contributed by atoms with Crippen LogP contribution in [-0.4, -0.2) is 10.1 Å². The summed E-state index contributed by atoms with van der Waals surface area (Å²) in [5, 5.41) is 11.7. The summed E-state index contributed by atoms with van der Waals surface area (Å²) in [4.78, 5) is 4.47. The van der Waals surface area contributed by atoms with Gasteiger partial charge < -0.3 is 5.11 Å². The zero-order chi connectivity index (χ0) is 15.6. The zero-order valence-electron chi connectivity index (χ0n) is 13.3. The first kappa shape index (κ1) is 15.0. The Labute approximate surface area is 132 Å². The number of pyridine rings is 1. The molecule has 1 atom stereocenters. The average Bonchev–Trinajstić information content (AvgIpc) is 2.53. The second-order valence-electron chi connectivity index (χ2n) is 6.74. The normalized spacial score (nSPS) is 26.0. The molecule has 1 aromatic heterocycles. The quantitative estimate of drug-likeness (QED) is 0.880. The fourth-order valence-electron chi connectivity index (χ4n) is 3.53. The van der Waals surface area contributed by atoms with Crippen LogP contribution in [0.1, 0.15) is 44.4 Å². The lowest BCUT2D eigenvalue weighted by Gasteiger charge is -2.47. The summed E-state index contributed by atoms with van der Waals surface area (Å²) in [6.45, 7) is 4.28. The third kappa shape index (κ3) is 2.48. The highest BCUT2D eigenvalue weighted by atomic mass is 16.3. The number of hydrogen-bond acceptors (Lipinski definition) is 2. The summed E-state index contributed by atoms with van der Waals surface area (Å²) >= 11 is 0. The minimum atomic E-state index is -1.01. The van der Waals surface area contributed by atoms with Crippen LogP contribution >= 0.6 is 0 Å². The highest BCUT2D eigenvalue weighted by Crippen LogP contribution is 2.52. The molecular weight excluding hydrogens is 270 g/mol. The summed E-state index contributed by atoms with van der Waals surface area (Å²) in [6, 6.07) is 16.0. The van der Waals surface area contributed by atoms with Crippen molar-refractivity contribution in [3.63, 3.8) is 0 Å². The van der Waals surface area contributed by atoms with Crippen LogP contribution in [0.2, 0.25) is 0 Å². The van der Waals surface area contributed by atoms with Crippen molar-refractivity contribution in [2.24, 2.45) is 5.41 Å². The first-order valence-corrected chi connectivity index (χ1v) is 7.94. The molecule has 3 rings (SSSR count). The van der Waals surface area contributed by atoms with Gasteiger partial charge in [-0.05, 0) is 42.5 Å². The highest BCUT2D eigenvalue weighted by Gasteiger charge is 2.50. The molecule has 1 unspecified atom stereocenters. The Morgan fingerprint density at radius 2 is 1.77 bits per heavy atom. The molecule has 1 fully saturated rings. The molecule has 114 valence electrons. The number of nitrogens with zero attached hydrogens (tertiary/aromatic N) is 1. The van der Waals surface area contributed by atoms with E-state index in [1.807, 2.05) is 36.4 Å². The average molecular weight is 293 g/mol. The van der Waals surface area contributed by atoms with Gasteiger partial charge in [-0.25, -0.2) is 0 Å². The summed E-state index contributed by atoms with van der Waals surface area (Å²) in [6.07, 6.45) is 6.89. The lowest BCUT2D eigenvalue weighted by Crippen LogP contribution is -2.46. The Hall–Kier alpha value is -1.93. The first-order chi connectivity index (χ1) is 10.5. The molecule has 2 nitrogen and oxygen atoms in total. The maximum Gasteiger partial charge on any atom is 0.133 e. The summed E-state index contributed by atoms with van der Waals surface area (Å²) in [7, 11) is 0. The molecule has 1 saturated carbocycles. The molecule has 1 N–H and O–H groups in total. The van der Waals surface area contributed by atoms with E-state index in [2.05, 4.69) is 37.0 Å². The first-order valence-electron chi connectivity index (χ1n) is 7.94. The van der Waals surface area contributed by atoms with E-state index in [1.165, 1.54) is 0 Å². The molecule has 0 bridgehead atoms. The highest BCUT2D eigenvalue weighted by molar-refractivity contribution is 5.57. The van der Waals surface area contributed by atoms with Crippen molar-refractivity contribution >= 4 is 6.08 Å². The van der Waals surface area contributed by atoms with Crippen molar-refractivity contribution < 1.29 is 5.11 Å². The van der Waals surface area contributed by atoms with Gasteiger partial charge in [0.2, 0.25) is 0 Å². The van der Waals surface area contributed by atoms with E-state index in [9.17, 15) is 5.11 Å². The molecule has 1 aliphatic rings. The predicted octanol–water partition coefficient (Wildman–Crippen LogP) is 4.56. The van der Waals surface area contributed by atoms with Crippen LogP contribution in [0.25, 0.3) is 6.08 Å². The number of aromatic nitrogens is 1. The van der Waals surface area contributed by atoms with Crippen molar-refractivity contribution in [1.82, 2.24) is 4.98 Å². The van der Waals surface area contributed by atoms with Crippen LogP contribution in [0.15, 0.2) is 60.3 Å². The van der Waals surface area contributed by atoms with Gasteiger partial charge in [0, 0.05) is 11.6 Å². The Balaban J connectivity index is 2.13. The molecule has 1 aliphatic carbocycles. The van der Waals surface area contributed by atoms with E-state index >= 15 is 0 Å². The molecule has 2 heteroatoms. The third-order valence-corrected chi connectivity index (χ3v) is 4.87. The van der Waals surface area contributed by atoms with Crippen LogP contribution < -0.4 is 0 Å². The van der Waals surface area contributed by atoms with Crippen molar-refractivity contribution in [3.05, 3.63) is 71.6 Å². The van der Waals surface area contributed by atoms with E-state index in [-0.39, 0.29) is 5.41 Å². The van der Waals surface area contributed by atoms with Gasteiger partial charge in [0.25, 0.3) is 0 Å². The standard InChI is InChI=1S/C20H23NO/c1-19(2)13-8-11-17(15-16-9-4-3-5-10-16)20(19,22)18-12-6-7-14-21-18/h3-7,9-10,12,14-15,22H,8,11,13H2,1-2H3/b17-15+. The van der Waals surface area contributed by atoms with Crippen molar-refractivity contribution in [3.8, 4) is 0 Å². The molecule has 0 radical (unpaired) electrons. The lowest BCUT2D eigenvalue weighted by molar-refractivity contribution is -0.0638. The van der Waals surface area contributed by atoms with Crippen LogP contribution in [0, 0.1) is 5.41 Å². The number of aliphatic hydroxyl groups is 1. The fourth-order valence-corrected chi connectivity index (χ4v) is 3.53. The van der Waals surface area contributed by atoms with Gasteiger partial charge in [-0.1, -0.05) is 56.3 Å². The Morgan fingerprint density at radius 3 is 2.45 bits per heavy atom. The summed E-state index contributed by atoms with van der Waals surface area (Å²) < 4.78 is 0. The van der Waals surface area contributed by atoms with E-state index in [4.69, 9.17) is 0 Å². The van der Waals surface area contributed by atoms with Crippen LogP contribution in [0.4, 0.5) is 0 Å². The topological polar surface area (TPSA) is 33.1 Å². The minimum Gasteiger partial charge on any atom is -0.379 e. The van der Waals surface area contributed by atoms with E-state index in [0.717, 1.165) is 36.1 Å². The van der Waals surface area contributed by atoms with Gasteiger partial charge in [0.1, 0.15) is 5.60 Å². The molecule has 22 heavy (non-hydrogen) atoms. The second-order valence-corrected chi connectivity index (χ2v) is 6.74. The van der Waals surface area contributed by atoms with E-state index in [0.29, 0.717) is 0 Å². The number of benzene rings is 1. The maximum atomic E-state index is 11.7. The van der Waals surface area contributed by atoms with Crippen LogP contribution in [-0.2, 0) is 5.60 Å². The maximum absolute atomic E-state index is 11.7. The van der Waals surface area contributed by atoms with Gasteiger partial charge >= 0.3 is 0 Å². The molecular formula is C20H23NO. The Kier molecular flexibility index (Phi) is 3.88. The number of hydrogen-bond donors (Lipinski definition) is 1. The molecule has 2 aromatic rings. The molecule has 1 heterocycles. The van der Waals surface area contributed by atoms with Crippen molar-refractivity contribution in [1.29, 1.82) is 0 Å². The van der Waals surface area contributed by atoms with Gasteiger partial charge in [0.05, 0.1) is 5.69 Å². The van der Waals surface area contributed by atoms with Crippen molar-refractivity contribution in [2.45, 2.75) is 38.7 Å². The van der Waals surface area contributed by atoms with E-state index in [1.54, 1.807) is 6.20 Å². The fraction of sp³-hybridized carbons (Fsp3) is 0.350. The number of rotatable bonds is 2. The second kappa shape index (κ2) is 5.69. The Bertz CT molecular complexity index is 661. The summed E-state index contributed by atoms with van der Waals surface area (Å²) in [5.41, 5.74) is 1.70. The lowest BCUT2D eigenvalue weighted by atomic mass is 9.61. The minimum absolute atomic E-state index is 0.236. The van der Waals surface area contributed by atoms with Gasteiger partial charge in [-0.2, -0.15) is 0 Å². The summed E-state index contributed by atoms with van der Waals surface area (Å²) in [5.74, 6) is 0. The molecule has 0 spiro atoms. The molecule has 0 aliphatic heterocycles. The van der Waals surface area contributed by atoms with Crippen molar-refractivity contribution in [2.75, 3.05) is 0 Å². The van der Waals surface area contributed by atoms with E-state index < -0.39 is 5.60 Å². The largest absolute Gasteiger partial charge is 0.379 e. The Morgan fingerprint density at radius 1 is 1.05 bits per heavy atom. The predicted molar refractivity (Wildman–Crippen MR) is 90.2 cm³/mol. The van der Waals surface area contributed by atoms with Gasteiger partial charge in [0.15, 0.2) is 0 Å². The smallest absolute Gasteiger partial charge is 0.133 e.